The summed E-state index contributed by atoms with van der Waals surface area (Å²) in [7, 11) is 0. The number of urea groups is 1. The van der Waals surface area contributed by atoms with Gasteiger partial charge in [-0.25, -0.2) is 4.79 Å². The molecule has 1 aliphatic rings. The van der Waals surface area contributed by atoms with E-state index in [-0.39, 0.29) is 19.2 Å². The smallest absolute Gasteiger partial charge is 0.315 e. The molecule has 0 saturated carbocycles. The van der Waals surface area contributed by atoms with Crippen LogP contribution in [0.1, 0.15) is 6.42 Å². The molecule has 110 valence electrons. The summed E-state index contributed by atoms with van der Waals surface area (Å²) in [4.78, 5) is 11.5. The molecule has 1 atom stereocenters. The van der Waals surface area contributed by atoms with Gasteiger partial charge < -0.3 is 25.2 Å². The van der Waals surface area contributed by atoms with Crippen molar-refractivity contribution in [2.75, 3.05) is 32.9 Å². The quantitative estimate of drug-likeness (QED) is 0.664. The molecule has 1 aromatic carbocycles. The number of carbonyl (C=O) groups is 1. The lowest BCUT2D eigenvalue weighted by molar-refractivity contribution is 0.0291. The lowest BCUT2D eigenvalue weighted by atomic mass is 10.0. The van der Waals surface area contributed by atoms with Gasteiger partial charge in [0.2, 0.25) is 0 Å². The molecule has 1 heterocycles. The Morgan fingerprint density at radius 1 is 1.35 bits per heavy atom. The monoisotopic (exact) mass is 280 g/mol. The molecule has 0 radical (unpaired) electrons. The zero-order chi connectivity index (χ0) is 14.3. The summed E-state index contributed by atoms with van der Waals surface area (Å²) in [6, 6.07) is 9.09. The molecule has 1 fully saturated rings. The molecular formula is C14H20N2O4. The van der Waals surface area contributed by atoms with Crippen LogP contribution < -0.4 is 15.4 Å². The number of ether oxygens (including phenoxy) is 2. The highest BCUT2D eigenvalue weighted by Gasteiger charge is 2.32. The molecule has 0 unspecified atom stereocenters. The van der Waals surface area contributed by atoms with Gasteiger partial charge in [0, 0.05) is 13.0 Å². The van der Waals surface area contributed by atoms with E-state index in [0.29, 0.717) is 26.2 Å². The second-order valence-electron chi connectivity index (χ2n) is 4.80. The Bertz CT molecular complexity index is 418. The van der Waals surface area contributed by atoms with Crippen molar-refractivity contribution < 1.29 is 19.4 Å². The van der Waals surface area contributed by atoms with E-state index < -0.39 is 5.60 Å². The van der Waals surface area contributed by atoms with Gasteiger partial charge in [0.05, 0.1) is 19.7 Å². The van der Waals surface area contributed by atoms with E-state index in [4.69, 9.17) is 9.47 Å². The third kappa shape index (κ3) is 4.71. The first kappa shape index (κ1) is 14.6. The van der Waals surface area contributed by atoms with Crippen LogP contribution in [0.15, 0.2) is 30.3 Å². The molecular weight excluding hydrogens is 260 g/mol. The van der Waals surface area contributed by atoms with Crippen LogP contribution in [0, 0.1) is 0 Å². The SMILES string of the molecule is O=C(NCCOc1ccccc1)NC[C@]1(O)CCOC1. The van der Waals surface area contributed by atoms with Crippen molar-refractivity contribution in [1.29, 1.82) is 0 Å². The average Bonchev–Trinajstić information content (AvgIpc) is 2.90. The Hall–Kier alpha value is -1.79. The molecule has 0 spiro atoms. The number of benzene rings is 1. The van der Waals surface area contributed by atoms with Gasteiger partial charge in [0.1, 0.15) is 18.0 Å². The van der Waals surface area contributed by atoms with Crippen LogP contribution in [-0.2, 0) is 4.74 Å². The van der Waals surface area contributed by atoms with E-state index in [1.807, 2.05) is 30.3 Å². The van der Waals surface area contributed by atoms with Gasteiger partial charge >= 0.3 is 6.03 Å². The van der Waals surface area contributed by atoms with Gasteiger partial charge in [0.15, 0.2) is 0 Å². The number of hydrogen-bond acceptors (Lipinski definition) is 4. The molecule has 1 aliphatic heterocycles. The van der Waals surface area contributed by atoms with Gasteiger partial charge in [-0.3, -0.25) is 0 Å². The lowest BCUT2D eigenvalue weighted by Crippen LogP contribution is -2.47. The van der Waals surface area contributed by atoms with Gasteiger partial charge in [-0.05, 0) is 12.1 Å². The molecule has 3 N–H and O–H groups in total. The highest BCUT2D eigenvalue weighted by atomic mass is 16.5. The standard InChI is InChI=1S/C14H20N2O4/c17-13(16-10-14(18)6-8-19-11-14)15-7-9-20-12-4-2-1-3-5-12/h1-5,18H,6-11H2,(H2,15,16,17)/t14-/m1/s1. The van der Waals surface area contributed by atoms with Crippen LogP contribution in [0.5, 0.6) is 5.75 Å². The largest absolute Gasteiger partial charge is 0.492 e. The highest BCUT2D eigenvalue weighted by molar-refractivity contribution is 5.73. The lowest BCUT2D eigenvalue weighted by Gasteiger charge is -2.20. The van der Waals surface area contributed by atoms with Crippen LogP contribution in [-0.4, -0.2) is 49.6 Å². The van der Waals surface area contributed by atoms with E-state index in [2.05, 4.69) is 10.6 Å². The number of para-hydroxylation sites is 1. The first-order chi connectivity index (χ1) is 9.68. The zero-order valence-corrected chi connectivity index (χ0v) is 11.3. The van der Waals surface area contributed by atoms with Gasteiger partial charge in [-0.2, -0.15) is 0 Å². The Labute approximate surface area is 118 Å². The van der Waals surface area contributed by atoms with Crippen LogP contribution in [0.2, 0.25) is 0 Å². The topological polar surface area (TPSA) is 79.8 Å². The predicted molar refractivity (Wildman–Crippen MR) is 73.7 cm³/mol. The van der Waals surface area contributed by atoms with Crippen molar-refractivity contribution in [3.63, 3.8) is 0 Å². The second-order valence-corrected chi connectivity index (χ2v) is 4.80. The van der Waals surface area contributed by atoms with Gasteiger partial charge in [0.25, 0.3) is 0 Å². The summed E-state index contributed by atoms with van der Waals surface area (Å²) < 4.78 is 10.5. The number of rotatable bonds is 6. The summed E-state index contributed by atoms with van der Waals surface area (Å²) in [5.74, 6) is 0.770. The van der Waals surface area contributed by atoms with Crippen LogP contribution in [0.3, 0.4) is 0 Å². The Morgan fingerprint density at radius 2 is 2.15 bits per heavy atom. The van der Waals surface area contributed by atoms with E-state index in [0.717, 1.165) is 5.75 Å². The molecule has 0 aliphatic carbocycles. The Kier molecular flexibility index (Phi) is 5.20. The van der Waals surface area contributed by atoms with Crippen molar-refractivity contribution in [3.05, 3.63) is 30.3 Å². The molecule has 0 bridgehead atoms. The maximum Gasteiger partial charge on any atom is 0.315 e. The molecule has 2 amide bonds. The van der Waals surface area contributed by atoms with Gasteiger partial charge in [-0.15, -0.1) is 0 Å². The van der Waals surface area contributed by atoms with Crippen molar-refractivity contribution in [3.8, 4) is 5.75 Å². The minimum atomic E-state index is -0.933. The summed E-state index contributed by atoms with van der Waals surface area (Å²) in [5.41, 5.74) is -0.933. The molecule has 0 aromatic heterocycles. The van der Waals surface area contributed by atoms with Crippen LogP contribution in [0.25, 0.3) is 0 Å². The van der Waals surface area contributed by atoms with E-state index in [1.165, 1.54) is 0 Å². The third-order valence-electron chi connectivity index (χ3n) is 3.06. The number of amides is 2. The molecule has 1 aromatic rings. The number of aliphatic hydroxyl groups is 1. The maximum atomic E-state index is 11.5. The first-order valence-electron chi connectivity index (χ1n) is 6.68. The third-order valence-corrected chi connectivity index (χ3v) is 3.06. The Balaban J connectivity index is 1.56. The number of carbonyl (C=O) groups excluding carboxylic acids is 1. The predicted octanol–water partition coefficient (Wildman–Crippen LogP) is 0.516. The fourth-order valence-corrected chi connectivity index (χ4v) is 1.89. The Morgan fingerprint density at radius 3 is 2.85 bits per heavy atom. The molecule has 6 heteroatoms. The number of nitrogens with one attached hydrogen (secondary N) is 2. The summed E-state index contributed by atoms with van der Waals surface area (Å²) >= 11 is 0. The normalized spacial score (nSPS) is 21.4. The summed E-state index contributed by atoms with van der Waals surface area (Å²) in [5, 5.41) is 15.3. The minimum Gasteiger partial charge on any atom is -0.492 e. The minimum absolute atomic E-state index is 0.193. The van der Waals surface area contributed by atoms with E-state index >= 15 is 0 Å². The van der Waals surface area contributed by atoms with Gasteiger partial charge in [-0.1, -0.05) is 18.2 Å². The molecule has 20 heavy (non-hydrogen) atoms. The molecule has 1 saturated heterocycles. The van der Waals surface area contributed by atoms with E-state index in [1.54, 1.807) is 0 Å². The van der Waals surface area contributed by atoms with Crippen LogP contribution >= 0.6 is 0 Å². The molecule has 6 nitrogen and oxygen atoms in total. The first-order valence-corrected chi connectivity index (χ1v) is 6.68. The van der Waals surface area contributed by atoms with Crippen molar-refractivity contribution in [2.24, 2.45) is 0 Å². The summed E-state index contributed by atoms with van der Waals surface area (Å²) in [6.07, 6.45) is 0.546. The average molecular weight is 280 g/mol. The number of hydrogen-bond donors (Lipinski definition) is 3. The molecule has 2 rings (SSSR count). The van der Waals surface area contributed by atoms with E-state index in [9.17, 15) is 9.90 Å². The highest BCUT2D eigenvalue weighted by Crippen LogP contribution is 2.16. The van der Waals surface area contributed by atoms with Crippen molar-refractivity contribution >= 4 is 6.03 Å². The van der Waals surface area contributed by atoms with Crippen LogP contribution in [0.4, 0.5) is 4.79 Å². The fraction of sp³-hybridized carbons (Fsp3) is 0.500. The van der Waals surface area contributed by atoms with Crippen molar-refractivity contribution in [1.82, 2.24) is 10.6 Å². The fourth-order valence-electron chi connectivity index (χ4n) is 1.89. The maximum absolute atomic E-state index is 11.5. The zero-order valence-electron chi connectivity index (χ0n) is 11.3. The summed E-state index contributed by atoms with van der Waals surface area (Å²) in [6.45, 7) is 1.79. The van der Waals surface area contributed by atoms with Crippen molar-refractivity contribution in [2.45, 2.75) is 12.0 Å². The second kappa shape index (κ2) is 7.12.